The van der Waals surface area contributed by atoms with E-state index in [4.69, 9.17) is 11.6 Å². The van der Waals surface area contributed by atoms with Crippen molar-refractivity contribution >= 4 is 81.2 Å². The van der Waals surface area contributed by atoms with Crippen LogP contribution in [0.15, 0.2) is 125 Å². The lowest BCUT2D eigenvalue weighted by Gasteiger charge is -2.39. The van der Waals surface area contributed by atoms with Crippen LogP contribution in [-0.2, 0) is 23.0 Å². The summed E-state index contributed by atoms with van der Waals surface area (Å²) in [4.78, 5) is 32.7. The number of anilines is 2. The fourth-order valence-corrected chi connectivity index (χ4v) is 9.64. The van der Waals surface area contributed by atoms with Gasteiger partial charge in [0.05, 0.1) is 9.82 Å². The molecule has 5 aromatic rings. The Morgan fingerprint density at radius 1 is 0.949 bits per heavy atom. The van der Waals surface area contributed by atoms with Crippen LogP contribution in [-0.4, -0.2) is 87.2 Å². The molecule has 16 heteroatoms. The lowest BCUT2D eigenvalue weighted by atomic mass is 9.99. The molecule has 0 aliphatic carbocycles. The summed E-state index contributed by atoms with van der Waals surface area (Å²) in [7, 11) is -0.515. The third kappa shape index (κ3) is 11.3. The summed E-state index contributed by atoms with van der Waals surface area (Å²) >= 11 is 7.78. The molecule has 0 bridgehead atoms. The quantitative estimate of drug-likeness (QED) is 0.0599. The van der Waals surface area contributed by atoms with Crippen LogP contribution in [0.4, 0.5) is 17.1 Å². The van der Waals surface area contributed by atoms with Crippen LogP contribution in [0.2, 0.25) is 5.02 Å². The predicted octanol–water partition coefficient (Wildman–Crippen LogP) is 8.65. The maximum absolute atomic E-state index is 13.5. The van der Waals surface area contributed by atoms with Gasteiger partial charge in [0.1, 0.15) is 5.69 Å². The molecular weight excluding hydrogens is 851 g/mol. The maximum Gasteiger partial charge on any atom is 0.293 e. The zero-order chi connectivity index (χ0) is 40.1. The van der Waals surface area contributed by atoms with Crippen LogP contribution in [0, 0.1) is 10.1 Å². The Balaban J connectivity index is 0.00000331. The number of hydrogen-bond acceptors (Lipinski definition) is 10. The highest BCUT2D eigenvalue weighted by atomic mass is 35.5. The van der Waals surface area contributed by atoms with Crippen LogP contribution in [0.1, 0.15) is 27.9 Å². The molecule has 0 aromatic heterocycles. The van der Waals surface area contributed by atoms with E-state index in [-0.39, 0.29) is 58.7 Å². The summed E-state index contributed by atoms with van der Waals surface area (Å²) < 4.78 is 29.2. The second kappa shape index (κ2) is 20.3. The summed E-state index contributed by atoms with van der Waals surface area (Å²) in [5.74, 6) is -0.155. The number of rotatable bonds is 15. The minimum Gasteiger partial charge on any atom is -0.376 e. The van der Waals surface area contributed by atoms with E-state index in [1.165, 1.54) is 23.3 Å². The fraction of sp³-hybridized carbons (Fsp3) is 0.279. The molecular formula is C43H47Cl3N6O5S2. The Labute approximate surface area is 367 Å². The third-order valence-electron chi connectivity index (χ3n) is 10.4. The van der Waals surface area contributed by atoms with Gasteiger partial charge in [0.25, 0.3) is 21.6 Å². The van der Waals surface area contributed by atoms with Gasteiger partial charge < -0.3 is 15.1 Å². The van der Waals surface area contributed by atoms with Crippen LogP contribution >= 0.6 is 48.2 Å². The highest BCUT2D eigenvalue weighted by Crippen LogP contribution is 2.36. The Morgan fingerprint density at radius 3 is 2.41 bits per heavy atom. The van der Waals surface area contributed by atoms with Gasteiger partial charge in [-0.3, -0.25) is 19.8 Å². The van der Waals surface area contributed by atoms with Gasteiger partial charge in [-0.15, -0.1) is 36.6 Å². The van der Waals surface area contributed by atoms with E-state index in [2.05, 4.69) is 38.0 Å². The van der Waals surface area contributed by atoms with Crippen molar-refractivity contribution in [3.8, 4) is 11.1 Å². The first-order chi connectivity index (χ1) is 27.4. The summed E-state index contributed by atoms with van der Waals surface area (Å²) in [5.41, 5.74) is 5.59. The molecule has 2 aliphatic rings. The average molecular weight is 898 g/mol. The number of carbonyl (C=O) groups excluding carboxylic acids is 1. The summed E-state index contributed by atoms with van der Waals surface area (Å²) in [6.07, 6.45) is 1.43. The zero-order valence-corrected chi connectivity index (χ0v) is 36.6. The van der Waals surface area contributed by atoms with Crippen molar-refractivity contribution in [3.63, 3.8) is 0 Å². The number of nitro benzene ring substituents is 1. The van der Waals surface area contributed by atoms with Crippen molar-refractivity contribution in [1.29, 1.82) is 0 Å². The van der Waals surface area contributed by atoms with E-state index in [9.17, 15) is 23.3 Å². The van der Waals surface area contributed by atoms with Crippen molar-refractivity contribution in [2.75, 3.05) is 56.2 Å². The zero-order valence-electron chi connectivity index (χ0n) is 32.6. The summed E-state index contributed by atoms with van der Waals surface area (Å²) in [5, 5.41) is 16.2. The van der Waals surface area contributed by atoms with Gasteiger partial charge >= 0.3 is 0 Å². The lowest BCUT2D eigenvalue weighted by Crippen LogP contribution is -2.51. The summed E-state index contributed by atoms with van der Waals surface area (Å²) in [6.45, 7) is 4.08. The highest BCUT2D eigenvalue weighted by molar-refractivity contribution is 7.99. The molecule has 0 radical (unpaired) electrons. The second-order valence-electron chi connectivity index (χ2n) is 14.7. The van der Waals surface area contributed by atoms with E-state index < -0.39 is 20.9 Å². The van der Waals surface area contributed by atoms with Crippen LogP contribution in [0.5, 0.6) is 0 Å². The standard InChI is InChI=1S/C43H45ClN6O5S2.2ClH/c1-47(2)21-20-35(29-56-37-9-4-3-5-10-37)45-40-18-17-38(26-42(40)50(52)53)57(54,55)46-43(51)31-14-19-41-33(24-31)25-36-28-48(22-23-49(36)41)27-32-8-6-7-11-39(32)30-12-15-34(44)16-13-30;;/h3-19,24,26,35-36,45H,20-23,25,27-29H2,1-2H3,(H,46,51);2*1H/t35-,36+;;/m1../s1. The van der Waals surface area contributed by atoms with Gasteiger partial charge in [0, 0.05) is 71.3 Å². The first-order valence-electron chi connectivity index (χ1n) is 18.8. The molecule has 1 fully saturated rings. The van der Waals surface area contributed by atoms with E-state index in [1.807, 2.05) is 85.7 Å². The number of thioether (sulfide) groups is 1. The van der Waals surface area contributed by atoms with Gasteiger partial charge in [-0.05, 0) is 110 Å². The molecule has 312 valence electrons. The molecule has 0 spiro atoms. The minimum atomic E-state index is -4.44. The van der Waals surface area contributed by atoms with E-state index in [0.29, 0.717) is 17.2 Å². The van der Waals surface area contributed by atoms with Crippen molar-refractivity contribution in [2.45, 2.75) is 41.3 Å². The lowest BCUT2D eigenvalue weighted by molar-refractivity contribution is -0.384. The Bertz CT molecular complexity index is 2360. The van der Waals surface area contributed by atoms with Crippen LogP contribution in [0.3, 0.4) is 0 Å². The second-order valence-corrected chi connectivity index (χ2v) is 17.9. The van der Waals surface area contributed by atoms with Gasteiger partial charge in [0.2, 0.25) is 0 Å². The topological polar surface area (TPSA) is 128 Å². The third-order valence-corrected chi connectivity index (χ3v) is 13.2. The molecule has 11 nitrogen and oxygen atoms in total. The molecule has 1 amide bonds. The number of sulfonamides is 1. The molecule has 1 saturated heterocycles. The number of nitrogens with one attached hydrogen (secondary N) is 2. The van der Waals surface area contributed by atoms with E-state index in [1.54, 1.807) is 23.9 Å². The van der Waals surface area contributed by atoms with Crippen molar-refractivity contribution in [1.82, 2.24) is 14.5 Å². The average Bonchev–Trinajstić information content (AvgIpc) is 3.56. The predicted molar refractivity (Wildman–Crippen MR) is 243 cm³/mol. The number of carbonyl (C=O) groups is 1. The minimum absolute atomic E-state index is 0. The molecule has 2 atom stereocenters. The number of hydrogen-bond donors (Lipinski definition) is 2. The van der Waals surface area contributed by atoms with Crippen molar-refractivity contribution < 1.29 is 18.1 Å². The molecule has 7 rings (SSSR count). The van der Waals surface area contributed by atoms with E-state index >= 15 is 0 Å². The molecule has 2 aliphatic heterocycles. The first-order valence-corrected chi connectivity index (χ1v) is 21.7. The Morgan fingerprint density at radius 2 is 1.68 bits per heavy atom. The van der Waals surface area contributed by atoms with Gasteiger partial charge in [-0.1, -0.05) is 66.2 Å². The Kier molecular flexibility index (Phi) is 15.7. The number of piperazine rings is 1. The maximum atomic E-state index is 13.5. The molecule has 2 N–H and O–H groups in total. The number of nitrogens with zero attached hydrogens (tertiary/aromatic N) is 4. The van der Waals surface area contributed by atoms with Crippen molar-refractivity contribution in [3.05, 3.63) is 147 Å². The normalized spacial score (nSPS) is 15.3. The largest absolute Gasteiger partial charge is 0.376 e. The first kappa shape index (κ1) is 45.7. The molecule has 5 aromatic carbocycles. The van der Waals surface area contributed by atoms with Gasteiger partial charge in [-0.25, -0.2) is 13.1 Å². The number of benzene rings is 5. The highest BCUT2D eigenvalue weighted by Gasteiger charge is 2.35. The number of fused-ring (bicyclic) bond motifs is 3. The summed E-state index contributed by atoms with van der Waals surface area (Å²) in [6, 6.07) is 35.3. The van der Waals surface area contributed by atoms with Gasteiger partial charge in [0.15, 0.2) is 0 Å². The Hall–Kier alpha value is -4.34. The SMILES string of the molecule is CN(C)CC[C@H](CSc1ccccc1)Nc1ccc(S(=O)(=O)NC(=O)c2ccc3c(c2)C[C@H]2CN(Cc4ccccc4-c4ccc(Cl)cc4)CCN32)cc1[N+](=O)[O-].Cl.Cl. The van der Waals surface area contributed by atoms with Crippen LogP contribution < -0.4 is 14.9 Å². The monoisotopic (exact) mass is 896 g/mol. The number of nitro groups is 1. The van der Waals surface area contributed by atoms with E-state index in [0.717, 1.165) is 66.9 Å². The van der Waals surface area contributed by atoms with Crippen molar-refractivity contribution in [2.24, 2.45) is 0 Å². The van der Waals surface area contributed by atoms with Gasteiger partial charge in [-0.2, -0.15) is 0 Å². The number of amides is 1. The smallest absolute Gasteiger partial charge is 0.293 e. The molecule has 0 unspecified atom stereocenters. The molecule has 0 saturated carbocycles. The van der Waals surface area contributed by atoms with Crippen LogP contribution in [0.25, 0.3) is 11.1 Å². The fourth-order valence-electron chi connectivity index (χ4n) is 7.53. The number of halogens is 3. The molecule has 59 heavy (non-hydrogen) atoms. The molecule has 2 heterocycles.